The minimum absolute atomic E-state index is 0.117. The first-order chi connectivity index (χ1) is 11.2. The van der Waals surface area contributed by atoms with E-state index in [1.165, 1.54) is 0 Å². The number of ether oxygens (including phenoxy) is 3. The Morgan fingerprint density at radius 3 is 2.35 bits per heavy atom. The lowest BCUT2D eigenvalue weighted by Gasteiger charge is -2.09. The average Bonchev–Trinajstić information content (AvgIpc) is 3.11. The molecule has 0 aliphatic carbocycles. The maximum atomic E-state index is 12.7. The summed E-state index contributed by atoms with van der Waals surface area (Å²) < 4.78 is 16.0. The van der Waals surface area contributed by atoms with Crippen molar-refractivity contribution in [1.29, 1.82) is 0 Å². The first-order valence-electron chi connectivity index (χ1n) is 7.24. The summed E-state index contributed by atoms with van der Waals surface area (Å²) in [7, 11) is 3.10. The highest BCUT2D eigenvalue weighted by molar-refractivity contribution is 6.05. The van der Waals surface area contributed by atoms with Crippen molar-refractivity contribution in [3.8, 4) is 11.5 Å². The lowest BCUT2D eigenvalue weighted by molar-refractivity contribution is 0.0947. The van der Waals surface area contributed by atoms with E-state index in [0.29, 0.717) is 23.0 Å². The van der Waals surface area contributed by atoms with Crippen LogP contribution >= 0.6 is 0 Å². The van der Waals surface area contributed by atoms with Gasteiger partial charge in [-0.3, -0.25) is 4.79 Å². The smallest absolute Gasteiger partial charge is 0.217 e. The van der Waals surface area contributed by atoms with Gasteiger partial charge in [-0.2, -0.15) is 0 Å². The predicted octanol–water partition coefficient (Wildman–Crippen LogP) is 2.73. The SMILES string of the molecule is COc1cc(OC)cc(C(=O)C2COC(c3ccccc3)=N2)c1. The molecule has 1 aliphatic heterocycles. The number of ketones is 1. The van der Waals surface area contributed by atoms with E-state index in [1.54, 1.807) is 32.4 Å². The second-order valence-corrected chi connectivity index (χ2v) is 5.09. The molecule has 1 unspecified atom stereocenters. The summed E-state index contributed by atoms with van der Waals surface area (Å²) >= 11 is 0. The van der Waals surface area contributed by atoms with Gasteiger partial charge in [0.05, 0.1) is 14.2 Å². The molecule has 0 saturated heterocycles. The molecule has 0 aromatic heterocycles. The van der Waals surface area contributed by atoms with Crippen molar-refractivity contribution < 1.29 is 19.0 Å². The predicted molar refractivity (Wildman–Crippen MR) is 86.6 cm³/mol. The van der Waals surface area contributed by atoms with Gasteiger partial charge in [-0.25, -0.2) is 4.99 Å². The molecule has 0 saturated carbocycles. The number of carbonyl (C=O) groups is 1. The van der Waals surface area contributed by atoms with Gasteiger partial charge < -0.3 is 14.2 Å². The fourth-order valence-corrected chi connectivity index (χ4v) is 2.39. The Balaban J connectivity index is 1.85. The van der Waals surface area contributed by atoms with Crippen LogP contribution < -0.4 is 9.47 Å². The van der Waals surface area contributed by atoms with Gasteiger partial charge in [0.15, 0.2) is 11.8 Å². The lowest BCUT2D eigenvalue weighted by atomic mass is 10.0. The van der Waals surface area contributed by atoms with Crippen molar-refractivity contribution >= 4 is 11.7 Å². The van der Waals surface area contributed by atoms with Crippen molar-refractivity contribution in [2.75, 3.05) is 20.8 Å². The van der Waals surface area contributed by atoms with Crippen LogP contribution in [0.1, 0.15) is 15.9 Å². The van der Waals surface area contributed by atoms with Crippen LogP contribution in [0.3, 0.4) is 0 Å². The van der Waals surface area contributed by atoms with E-state index in [-0.39, 0.29) is 12.4 Å². The topological polar surface area (TPSA) is 57.1 Å². The molecule has 1 aliphatic rings. The van der Waals surface area contributed by atoms with Gasteiger partial charge in [0, 0.05) is 17.2 Å². The fraction of sp³-hybridized carbons (Fsp3) is 0.222. The molecule has 5 nitrogen and oxygen atoms in total. The van der Waals surface area contributed by atoms with E-state index in [4.69, 9.17) is 14.2 Å². The van der Waals surface area contributed by atoms with E-state index < -0.39 is 6.04 Å². The van der Waals surface area contributed by atoms with E-state index in [9.17, 15) is 4.79 Å². The van der Waals surface area contributed by atoms with Crippen molar-refractivity contribution in [1.82, 2.24) is 0 Å². The molecule has 0 fully saturated rings. The average molecular weight is 311 g/mol. The summed E-state index contributed by atoms with van der Waals surface area (Å²) in [5, 5.41) is 0. The van der Waals surface area contributed by atoms with Crippen LogP contribution in [-0.2, 0) is 4.74 Å². The van der Waals surface area contributed by atoms with E-state index >= 15 is 0 Å². The van der Waals surface area contributed by atoms with Crippen LogP contribution in [0.4, 0.5) is 0 Å². The molecule has 0 N–H and O–H groups in total. The number of rotatable bonds is 5. The molecular formula is C18H17NO4. The highest BCUT2D eigenvalue weighted by Gasteiger charge is 2.28. The highest BCUT2D eigenvalue weighted by atomic mass is 16.5. The lowest BCUT2D eigenvalue weighted by Crippen LogP contribution is -2.20. The number of benzene rings is 2. The zero-order valence-electron chi connectivity index (χ0n) is 13.0. The summed E-state index contributed by atoms with van der Waals surface area (Å²) in [6, 6.07) is 14.1. The number of Topliss-reactive ketones (excluding diaryl/α,β-unsaturated/α-hetero) is 1. The van der Waals surface area contributed by atoms with Crippen LogP contribution in [0.5, 0.6) is 11.5 Å². The second kappa shape index (κ2) is 6.52. The Labute approximate surface area is 134 Å². The van der Waals surface area contributed by atoms with Gasteiger partial charge in [-0.15, -0.1) is 0 Å². The maximum Gasteiger partial charge on any atom is 0.217 e. The summed E-state index contributed by atoms with van der Waals surface area (Å²) in [5.74, 6) is 1.52. The largest absolute Gasteiger partial charge is 0.497 e. The first-order valence-corrected chi connectivity index (χ1v) is 7.24. The third kappa shape index (κ3) is 3.18. The second-order valence-electron chi connectivity index (χ2n) is 5.09. The Bertz CT molecular complexity index is 718. The molecule has 1 atom stereocenters. The quantitative estimate of drug-likeness (QED) is 0.797. The normalized spacial score (nSPS) is 16.4. The van der Waals surface area contributed by atoms with E-state index in [0.717, 1.165) is 5.56 Å². The highest BCUT2D eigenvalue weighted by Crippen LogP contribution is 2.25. The van der Waals surface area contributed by atoms with Gasteiger partial charge in [0.2, 0.25) is 5.90 Å². The van der Waals surface area contributed by atoms with Gasteiger partial charge in [0.1, 0.15) is 18.1 Å². The molecule has 2 aromatic rings. The number of nitrogens with zero attached hydrogens (tertiary/aromatic N) is 1. The van der Waals surface area contributed by atoms with Crippen molar-refractivity contribution in [3.05, 3.63) is 59.7 Å². The Morgan fingerprint density at radius 2 is 1.74 bits per heavy atom. The monoisotopic (exact) mass is 311 g/mol. The molecule has 1 heterocycles. The molecule has 2 aromatic carbocycles. The Hall–Kier alpha value is -2.82. The zero-order chi connectivity index (χ0) is 16.2. The number of methoxy groups -OCH3 is 2. The molecular weight excluding hydrogens is 294 g/mol. The zero-order valence-corrected chi connectivity index (χ0v) is 13.0. The summed E-state index contributed by atoms with van der Waals surface area (Å²) in [6.07, 6.45) is 0. The van der Waals surface area contributed by atoms with Crippen molar-refractivity contribution in [2.24, 2.45) is 4.99 Å². The molecule has 23 heavy (non-hydrogen) atoms. The van der Waals surface area contributed by atoms with Gasteiger partial charge >= 0.3 is 0 Å². The minimum atomic E-state index is -0.554. The molecule has 3 rings (SSSR count). The Kier molecular flexibility index (Phi) is 4.28. The number of aliphatic imine (C=N–C) groups is 1. The number of hydrogen-bond donors (Lipinski definition) is 0. The molecule has 0 radical (unpaired) electrons. The molecule has 0 bridgehead atoms. The standard InChI is InChI=1S/C18H17NO4/c1-21-14-8-13(9-15(10-14)22-2)17(20)16-11-23-18(19-16)12-6-4-3-5-7-12/h3-10,16H,11H2,1-2H3. The minimum Gasteiger partial charge on any atom is -0.497 e. The van der Waals surface area contributed by atoms with Gasteiger partial charge in [-0.05, 0) is 24.3 Å². The Morgan fingerprint density at radius 1 is 1.09 bits per heavy atom. The first kappa shape index (κ1) is 15.1. The van der Waals surface area contributed by atoms with E-state index in [1.807, 2.05) is 30.3 Å². The van der Waals surface area contributed by atoms with Crippen LogP contribution in [0.15, 0.2) is 53.5 Å². The maximum absolute atomic E-state index is 12.7. The molecule has 0 amide bonds. The van der Waals surface area contributed by atoms with Crippen molar-refractivity contribution in [2.45, 2.75) is 6.04 Å². The number of hydrogen-bond acceptors (Lipinski definition) is 5. The van der Waals surface area contributed by atoms with Crippen LogP contribution in [0.25, 0.3) is 0 Å². The van der Waals surface area contributed by atoms with Crippen molar-refractivity contribution in [3.63, 3.8) is 0 Å². The van der Waals surface area contributed by atoms with Crippen LogP contribution in [-0.4, -0.2) is 38.5 Å². The molecule has 118 valence electrons. The molecule has 5 heteroatoms. The van der Waals surface area contributed by atoms with Crippen LogP contribution in [0.2, 0.25) is 0 Å². The summed E-state index contributed by atoms with van der Waals surface area (Å²) in [6.45, 7) is 0.239. The molecule has 0 spiro atoms. The third-order valence-corrected chi connectivity index (χ3v) is 3.61. The summed E-state index contributed by atoms with van der Waals surface area (Å²) in [4.78, 5) is 17.1. The third-order valence-electron chi connectivity index (χ3n) is 3.61. The van der Waals surface area contributed by atoms with Crippen LogP contribution in [0, 0.1) is 0 Å². The fourth-order valence-electron chi connectivity index (χ4n) is 2.39. The number of carbonyl (C=O) groups excluding carboxylic acids is 1. The van der Waals surface area contributed by atoms with Gasteiger partial charge in [-0.1, -0.05) is 18.2 Å². The van der Waals surface area contributed by atoms with Gasteiger partial charge in [0.25, 0.3) is 0 Å². The summed E-state index contributed by atoms with van der Waals surface area (Å²) in [5.41, 5.74) is 1.36. The van der Waals surface area contributed by atoms with E-state index in [2.05, 4.69) is 4.99 Å².